The van der Waals surface area contributed by atoms with E-state index in [9.17, 15) is 14.7 Å². The van der Waals surface area contributed by atoms with Gasteiger partial charge >= 0.3 is 0 Å². The highest BCUT2D eigenvalue weighted by Gasteiger charge is 2.17. The quantitative estimate of drug-likeness (QED) is 0.564. The zero-order valence-electron chi connectivity index (χ0n) is 11.9. The van der Waals surface area contributed by atoms with Crippen LogP contribution in [-0.2, 0) is 6.42 Å². The van der Waals surface area contributed by atoms with Gasteiger partial charge in [-0.05, 0) is 36.3 Å². The molecule has 0 unspecified atom stereocenters. The summed E-state index contributed by atoms with van der Waals surface area (Å²) in [6, 6.07) is 3.00. The molecule has 0 saturated carbocycles. The van der Waals surface area contributed by atoms with Crippen LogP contribution >= 0.6 is 0 Å². The zero-order valence-corrected chi connectivity index (χ0v) is 10.9. The van der Waals surface area contributed by atoms with Crippen LogP contribution in [0.5, 0.6) is 5.75 Å². The normalized spacial score (nSPS) is 11.0. The Hall–Kier alpha value is -2.77. The van der Waals surface area contributed by atoms with Crippen molar-refractivity contribution in [1.82, 2.24) is 20.6 Å². The molecule has 0 bridgehead atoms. The second-order valence-corrected chi connectivity index (χ2v) is 4.07. The first-order chi connectivity index (χ1) is 9.95. The molecule has 1 aromatic carbocycles. The van der Waals surface area contributed by atoms with Gasteiger partial charge in [-0.25, -0.2) is 0 Å². The molecule has 0 aliphatic heterocycles. The number of anilines is 1. The van der Waals surface area contributed by atoms with Crippen molar-refractivity contribution in [3.05, 3.63) is 29.1 Å². The van der Waals surface area contributed by atoms with Crippen LogP contribution in [0.2, 0.25) is 1.41 Å². The number of H-pyrrole nitrogens is 1. The van der Waals surface area contributed by atoms with Crippen LogP contribution in [0.3, 0.4) is 0 Å². The molecule has 8 nitrogen and oxygen atoms in total. The van der Waals surface area contributed by atoms with Crippen molar-refractivity contribution < 1.29 is 16.1 Å². The summed E-state index contributed by atoms with van der Waals surface area (Å²) in [5, 5.41) is 22.8. The number of aromatic amines is 1. The molecule has 1 heterocycles. The van der Waals surface area contributed by atoms with E-state index in [1.165, 1.54) is 19.1 Å². The minimum absolute atomic E-state index is 0.0579. The minimum Gasteiger partial charge on any atom is -0.505 e. The summed E-state index contributed by atoms with van der Waals surface area (Å²) in [6.07, 6.45) is 0.581. The number of aromatic nitrogens is 4. The number of hydrogen-bond donors (Lipinski definition) is 3. The Bertz CT molecular complexity index is 686. The van der Waals surface area contributed by atoms with Gasteiger partial charge in [-0.2, -0.15) is 5.21 Å². The third-order valence-electron chi connectivity index (χ3n) is 2.70. The third-order valence-corrected chi connectivity index (χ3v) is 2.70. The number of aromatic hydroxyl groups is 1. The van der Waals surface area contributed by atoms with Gasteiger partial charge in [-0.3, -0.25) is 9.59 Å². The summed E-state index contributed by atoms with van der Waals surface area (Å²) >= 11 is 0. The molecule has 1 aromatic heterocycles. The highest BCUT2D eigenvalue weighted by Crippen LogP contribution is 2.30. The molecule has 3 N–H and O–H groups in total. The number of phenols is 1. The Balaban J connectivity index is 2.49. The van der Waals surface area contributed by atoms with E-state index < -0.39 is 11.7 Å². The van der Waals surface area contributed by atoms with Gasteiger partial charge in [0.15, 0.2) is 7.20 Å². The molecule has 0 aliphatic carbocycles. The van der Waals surface area contributed by atoms with Gasteiger partial charge in [0.25, 0.3) is 11.7 Å². The number of phenolic OH excluding ortho intramolecular Hbond substituents is 1. The van der Waals surface area contributed by atoms with E-state index in [1.54, 1.807) is 0 Å². The summed E-state index contributed by atoms with van der Waals surface area (Å²) in [6.45, 7) is 3.16. The van der Waals surface area contributed by atoms with E-state index in [2.05, 4.69) is 20.6 Å². The van der Waals surface area contributed by atoms with Crippen LogP contribution in [0, 0.1) is 0 Å². The number of hydrogen-bond acceptors (Lipinski definition) is 6. The van der Waals surface area contributed by atoms with E-state index in [0.717, 1.165) is 0 Å². The maximum absolute atomic E-state index is 12.0. The van der Waals surface area contributed by atoms with Gasteiger partial charge in [0.1, 0.15) is 5.75 Å². The average Bonchev–Trinajstić information content (AvgIpc) is 2.99. The SMILES string of the molecule is [2H]N(C(=O)c1nn[nH]n1)c1cc(CC)cc(C(C)=O)c1O. The molecule has 0 fully saturated rings. The van der Waals surface area contributed by atoms with E-state index in [0.29, 0.717) is 17.3 Å². The zero-order chi connectivity index (χ0) is 15.6. The van der Waals surface area contributed by atoms with Crippen molar-refractivity contribution >= 4 is 17.4 Å². The Labute approximate surface area is 115 Å². The third kappa shape index (κ3) is 2.63. The second kappa shape index (κ2) is 5.47. The Morgan fingerprint density at radius 2 is 2.25 bits per heavy atom. The Morgan fingerprint density at radius 3 is 2.80 bits per heavy atom. The summed E-state index contributed by atoms with van der Waals surface area (Å²) in [4.78, 5) is 23.5. The molecular formula is C12H13N5O3. The fourth-order valence-electron chi connectivity index (χ4n) is 1.65. The molecule has 2 aromatic rings. The standard InChI is InChI=1S/C12H13N5O3/c1-3-7-4-8(6(2)18)10(19)9(5-7)13-12(20)11-14-16-17-15-11/h4-5,19H,3H2,1-2H3,(H,13,20)(H,14,15,16,17)/i/hD. The summed E-state index contributed by atoms with van der Waals surface area (Å²) in [5.74, 6) is -1.96. The van der Waals surface area contributed by atoms with Crippen LogP contribution in [0.4, 0.5) is 5.69 Å². The number of tetrazole rings is 1. The number of Topliss-reactive ketones (excluding diaryl/α,β-unsaturated/α-hetero) is 1. The van der Waals surface area contributed by atoms with Crippen molar-refractivity contribution in [1.29, 1.82) is 0 Å². The van der Waals surface area contributed by atoms with Crippen molar-refractivity contribution in [3.63, 3.8) is 0 Å². The predicted octanol–water partition coefficient (Wildman–Crippen LogP) is 0.923. The minimum atomic E-state index is -0.873. The van der Waals surface area contributed by atoms with Gasteiger partial charge in [-0.1, -0.05) is 6.92 Å². The smallest absolute Gasteiger partial charge is 0.297 e. The van der Waals surface area contributed by atoms with Gasteiger partial charge < -0.3 is 10.4 Å². The maximum atomic E-state index is 12.0. The molecule has 0 saturated heterocycles. The van der Waals surface area contributed by atoms with Crippen molar-refractivity contribution in [2.75, 3.05) is 5.31 Å². The topological polar surface area (TPSA) is 121 Å². The lowest BCUT2D eigenvalue weighted by molar-refractivity contribution is 0.1000. The van der Waals surface area contributed by atoms with Crippen LogP contribution in [0.15, 0.2) is 12.1 Å². The number of rotatable bonds is 4. The summed E-state index contributed by atoms with van der Waals surface area (Å²) in [5.41, 5.74) is 0.669. The molecule has 104 valence electrons. The van der Waals surface area contributed by atoms with Crippen LogP contribution in [-0.4, -0.2) is 37.4 Å². The molecule has 0 atom stereocenters. The highest BCUT2D eigenvalue weighted by atomic mass is 16.3. The lowest BCUT2D eigenvalue weighted by Gasteiger charge is -2.11. The first kappa shape index (κ1) is 12.3. The molecule has 1 amide bonds. The van der Waals surface area contributed by atoms with E-state index >= 15 is 0 Å². The summed E-state index contributed by atoms with van der Waals surface area (Å²) in [7, 11) is 0. The highest BCUT2D eigenvalue weighted by molar-refractivity contribution is 6.05. The van der Waals surface area contributed by atoms with Crippen LogP contribution in [0.25, 0.3) is 0 Å². The number of benzene rings is 1. The molecule has 0 spiro atoms. The summed E-state index contributed by atoms with van der Waals surface area (Å²) < 4.78 is 7.84. The van der Waals surface area contributed by atoms with Gasteiger partial charge in [-0.15, -0.1) is 10.2 Å². The lowest BCUT2D eigenvalue weighted by atomic mass is 10.0. The van der Waals surface area contributed by atoms with Crippen molar-refractivity contribution in [3.8, 4) is 5.75 Å². The second-order valence-electron chi connectivity index (χ2n) is 4.07. The van der Waals surface area contributed by atoms with Crippen LogP contribution < -0.4 is 5.31 Å². The number of ketones is 1. The molecular weight excluding hydrogens is 262 g/mol. The van der Waals surface area contributed by atoms with Gasteiger partial charge in [0.05, 0.1) is 11.3 Å². The fraction of sp³-hybridized carbons (Fsp3) is 0.250. The van der Waals surface area contributed by atoms with E-state index in [1.807, 2.05) is 6.92 Å². The maximum Gasteiger partial charge on any atom is 0.297 e. The van der Waals surface area contributed by atoms with Gasteiger partial charge in [0, 0.05) is 0 Å². The monoisotopic (exact) mass is 276 g/mol. The number of nitrogens with one attached hydrogen (secondary N) is 2. The van der Waals surface area contributed by atoms with Gasteiger partial charge in [0.2, 0.25) is 0 Å². The first-order valence-electron chi connectivity index (χ1n) is 6.34. The molecule has 0 radical (unpaired) electrons. The van der Waals surface area contributed by atoms with Crippen molar-refractivity contribution in [2.45, 2.75) is 20.3 Å². The molecule has 2 rings (SSSR count). The molecule has 20 heavy (non-hydrogen) atoms. The van der Waals surface area contributed by atoms with E-state index in [-0.39, 0.29) is 22.9 Å². The Morgan fingerprint density at radius 1 is 1.50 bits per heavy atom. The fourth-order valence-corrected chi connectivity index (χ4v) is 1.65. The predicted molar refractivity (Wildman–Crippen MR) is 69.6 cm³/mol. The lowest BCUT2D eigenvalue weighted by Crippen LogP contribution is -2.15. The largest absolute Gasteiger partial charge is 0.505 e. The average molecular weight is 276 g/mol. The van der Waals surface area contributed by atoms with Crippen LogP contribution in [0.1, 0.15) is 40.4 Å². The number of amides is 1. The first-order valence-corrected chi connectivity index (χ1v) is 5.89. The Kier molecular flexibility index (Phi) is 3.36. The number of carbonyl (C=O) groups is 2. The van der Waals surface area contributed by atoms with E-state index in [4.69, 9.17) is 1.41 Å². The molecule has 0 aliphatic rings. The number of aryl methyl sites for hydroxylation is 1. The number of nitrogens with zero attached hydrogens (tertiary/aromatic N) is 3. The molecule has 8 heteroatoms. The number of carbonyl (C=O) groups excluding carboxylic acids is 2. The van der Waals surface area contributed by atoms with Crippen molar-refractivity contribution in [2.24, 2.45) is 0 Å².